The number of rotatable bonds is 5. The minimum absolute atomic E-state index is 0.347. The Hall–Kier alpha value is -2.29. The van der Waals surface area contributed by atoms with E-state index in [4.69, 9.17) is 0 Å². The fraction of sp³-hybridized carbons (Fsp3) is 0.400. The van der Waals surface area contributed by atoms with Crippen LogP contribution in [0.3, 0.4) is 0 Å². The topological polar surface area (TPSA) is 70.8 Å². The van der Waals surface area contributed by atoms with Gasteiger partial charge in [0.25, 0.3) is 0 Å². The zero-order valence-electron chi connectivity index (χ0n) is 16.2. The van der Waals surface area contributed by atoms with Crippen molar-refractivity contribution in [3.63, 3.8) is 0 Å². The Bertz CT molecular complexity index is 1070. The predicted molar refractivity (Wildman–Crippen MR) is 108 cm³/mol. The summed E-state index contributed by atoms with van der Waals surface area (Å²) in [5.41, 5.74) is 1.91. The maximum atomic E-state index is 12.4. The lowest BCUT2D eigenvalue weighted by Gasteiger charge is -2.31. The van der Waals surface area contributed by atoms with Crippen molar-refractivity contribution < 1.29 is 8.42 Å². The molecule has 0 radical (unpaired) electrons. The predicted octanol–water partition coefficient (Wildman–Crippen LogP) is 2.36. The van der Waals surface area contributed by atoms with Crippen LogP contribution in [-0.4, -0.2) is 59.4 Å². The number of benzene rings is 1. The second-order valence-electron chi connectivity index (χ2n) is 7.47. The Labute approximate surface area is 165 Å². The molecule has 0 atom stereocenters. The molecular formula is C20H25N5O2S. The van der Waals surface area contributed by atoms with Crippen LogP contribution >= 0.6 is 0 Å². The number of piperidine rings is 1. The highest BCUT2D eigenvalue weighted by Gasteiger charge is 2.25. The van der Waals surface area contributed by atoms with E-state index in [1.165, 1.54) is 4.31 Å². The Morgan fingerprint density at radius 2 is 1.86 bits per heavy atom. The van der Waals surface area contributed by atoms with E-state index in [0.717, 1.165) is 49.5 Å². The summed E-state index contributed by atoms with van der Waals surface area (Å²) in [7, 11) is -0.290. The number of hydrogen-bond acceptors (Lipinski definition) is 5. The molecule has 0 spiro atoms. The quantitative estimate of drug-likeness (QED) is 0.659. The lowest BCUT2D eigenvalue weighted by atomic mass is 9.95. The maximum absolute atomic E-state index is 12.4. The van der Waals surface area contributed by atoms with Crippen molar-refractivity contribution in [3.8, 4) is 0 Å². The highest BCUT2D eigenvalue weighted by Crippen LogP contribution is 2.28. The van der Waals surface area contributed by atoms with Crippen LogP contribution < -0.4 is 0 Å². The van der Waals surface area contributed by atoms with Crippen LogP contribution in [-0.2, 0) is 16.6 Å². The average Bonchev–Trinajstić information content (AvgIpc) is 3.13. The van der Waals surface area contributed by atoms with Crippen molar-refractivity contribution in [1.82, 2.24) is 23.8 Å². The number of likely N-dealkylation sites (tertiary alicyclic amines) is 1. The summed E-state index contributed by atoms with van der Waals surface area (Å²) in [5, 5.41) is 8.67. The zero-order chi connectivity index (χ0) is 19.7. The minimum Gasteiger partial charge on any atom is -0.299 e. The fourth-order valence-corrected chi connectivity index (χ4v) is 4.73. The molecule has 4 rings (SSSR count). The fourth-order valence-electron chi connectivity index (χ4n) is 3.76. The molecule has 1 aliphatic heterocycles. The van der Waals surface area contributed by atoms with E-state index >= 15 is 0 Å². The molecular weight excluding hydrogens is 374 g/mol. The standard InChI is InChI=1S/C20H25N5O2S/c1-23(2)28(26,27)18-7-5-6-16(14-18)15-24-12-9-17(10-13-24)20-22-21-19-8-3-4-11-25(19)20/h3-8,11,14,17H,9-10,12-13,15H2,1-2H3. The van der Waals surface area contributed by atoms with Gasteiger partial charge in [-0.15, -0.1) is 10.2 Å². The van der Waals surface area contributed by atoms with Gasteiger partial charge < -0.3 is 0 Å². The second kappa shape index (κ2) is 7.62. The molecule has 0 saturated carbocycles. The molecule has 1 saturated heterocycles. The van der Waals surface area contributed by atoms with Gasteiger partial charge >= 0.3 is 0 Å². The van der Waals surface area contributed by atoms with Crippen LogP contribution in [0.5, 0.6) is 0 Å². The van der Waals surface area contributed by atoms with Gasteiger partial charge in [-0.1, -0.05) is 18.2 Å². The second-order valence-corrected chi connectivity index (χ2v) is 9.62. The number of aromatic nitrogens is 3. The Morgan fingerprint density at radius 1 is 1.07 bits per heavy atom. The van der Waals surface area contributed by atoms with Crippen LogP contribution in [0.2, 0.25) is 0 Å². The molecule has 148 valence electrons. The molecule has 1 fully saturated rings. The summed E-state index contributed by atoms with van der Waals surface area (Å²) >= 11 is 0. The van der Waals surface area contributed by atoms with Gasteiger partial charge in [-0.25, -0.2) is 12.7 Å². The largest absolute Gasteiger partial charge is 0.299 e. The van der Waals surface area contributed by atoms with Crippen LogP contribution in [0.15, 0.2) is 53.6 Å². The molecule has 28 heavy (non-hydrogen) atoms. The number of nitrogens with zero attached hydrogens (tertiary/aromatic N) is 5. The molecule has 0 unspecified atom stereocenters. The van der Waals surface area contributed by atoms with Crippen molar-refractivity contribution >= 4 is 15.7 Å². The first-order chi connectivity index (χ1) is 13.4. The van der Waals surface area contributed by atoms with E-state index in [1.807, 2.05) is 36.5 Å². The molecule has 0 bridgehead atoms. The van der Waals surface area contributed by atoms with Gasteiger partial charge in [0.15, 0.2) is 5.65 Å². The molecule has 2 aromatic heterocycles. The third kappa shape index (κ3) is 3.67. The number of sulfonamides is 1. The SMILES string of the molecule is CN(C)S(=O)(=O)c1cccc(CN2CCC(c3nnc4ccccn34)CC2)c1. The summed E-state index contributed by atoms with van der Waals surface area (Å²) in [5.74, 6) is 1.43. The van der Waals surface area contributed by atoms with Crippen LogP contribution in [0.25, 0.3) is 5.65 Å². The molecule has 3 heterocycles. The van der Waals surface area contributed by atoms with Crippen molar-refractivity contribution in [1.29, 1.82) is 0 Å². The van der Waals surface area contributed by atoms with Crippen LogP contribution in [0.4, 0.5) is 0 Å². The van der Waals surface area contributed by atoms with Gasteiger partial charge in [0.2, 0.25) is 10.0 Å². The van der Waals surface area contributed by atoms with Crippen LogP contribution in [0, 0.1) is 0 Å². The van der Waals surface area contributed by atoms with E-state index in [1.54, 1.807) is 26.2 Å². The van der Waals surface area contributed by atoms with E-state index in [2.05, 4.69) is 19.5 Å². The zero-order valence-corrected chi connectivity index (χ0v) is 17.0. The lowest BCUT2D eigenvalue weighted by molar-refractivity contribution is 0.201. The molecule has 0 N–H and O–H groups in total. The van der Waals surface area contributed by atoms with Crippen molar-refractivity contribution in [3.05, 3.63) is 60.0 Å². The third-order valence-corrected chi connectivity index (χ3v) is 7.19. The van der Waals surface area contributed by atoms with Gasteiger partial charge in [-0.3, -0.25) is 9.30 Å². The van der Waals surface area contributed by atoms with E-state index in [-0.39, 0.29) is 0 Å². The Morgan fingerprint density at radius 3 is 2.61 bits per heavy atom. The highest BCUT2D eigenvalue weighted by atomic mass is 32.2. The van der Waals surface area contributed by atoms with E-state index in [9.17, 15) is 8.42 Å². The normalized spacial score (nSPS) is 16.8. The van der Waals surface area contributed by atoms with Gasteiger partial charge in [0, 0.05) is 32.8 Å². The number of hydrogen-bond donors (Lipinski definition) is 0. The van der Waals surface area contributed by atoms with Crippen molar-refractivity contribution in [2.75, 3.05) is 27.2 Å². The van der Waals surface area contributed by atoms with Crippen molar-refractivity contribution in [2.24, 2.45) is 0 Å². The highest BCUT2D eigenvalue weighted by molar-refractivity contribution is 7.89. The molecule has 3 aromatic rings. The van der Waals surface area contributed by atoms with E-state index in [0.29, 0.717) is 10.8 Å². The molecule has 8 heteroatoms. The molecule has 0 aliphatic carbocycles. The molecule has 1 aliphatic rings. The van der Waals surface area contributed by atoms with Gasteiger partial charge in [-0.05, 0) is 55.8 Å². The van der Waals surface area contributed by atoms with Crippen LogP contribution in [0.1, 0.15) is 30.1 Å². The monoisotopic (exact) mass is 399 g/mol. The first-order valence-electron chi connectivity index (χ1n) is 9.48. The van der Waals surface area contributed by atoms with Gasteiger partial charge in [0.1, 0.15) is 5.82 Å². The van der Waals surface area contributed by atoms with Crippen molar-refractivity contribution in [2.45, 2.75) is 30.2 Å². The first-order valence-corrected chi connectivity index (χ1v) is 10.9. The molecule has 0 amide bonds. The Kier molecular flexibility index (Phi) is 5.18. The summed E-state index contributed by atoms with van der Waals surface area (Å²) < 4.78 is 28.0. The number of fused-ring (bicyclic) bond motifs is 1. The Balaban J connectivity index is 1.42. The molecule has 7 nitrogen and oxygen atoms in total. The molecule has 1 aromatic carbocycles. The summed E-state index contributed by atoms with van der Waals surface area (Å²) in [4.78, 5) is 2.72. The van der Waals surface area contributed by atoms with E-state index < -0.39 is 10.0 Å². The summed E-state index contributed by atoms with van der Waals surface area (Å²) in [6.45, 7) is 2.66. The smallest absolute Gasteiger partial charge is 0.242 e. The lowest BCUT2D eigenvalue weighted by Crippen LogP contribution is -2.33. The summed E-state index contributed by atoms with van der Waals surface area (Å²) in [6.07, 6.45) is 4.06. The number of pyridine rings is 1. The van der Waals surface area contributed by atoms with Gasteiger partial charge in [0.05, 0.1) is 4.90 Å². The minimum atomic E-state index is -3.40. The third-order valence-electron chi connectivity index (χ3n) is 5.38. The summed E-state index contributed by atoms with van der Waals surface area (Å²) in [6, 6.07) is 13.2. The average molecular weight is 400 g/mol. The van der Waals surface area contributed by atoms with Gasteiger partial charge in [-0.2, -0.15) is 0 Å². The maximum Gasteiger partial charge on any atom is 0.242 e. The first kappa shape index (κ1) is 19.0.